The summed E-state index contributed by atoms with van der Waals surface area (Å²) >= 11 is 9.40. The Morgan fingerprint density at radius 1 is 1.29 bits per heavy atom. The highest BCUT2D eigenvalue weighted by molar-refractivity contribution is 9.10. The first-order valence-electron chi connectivity index (χ1n) is 6.10. The van der Waals surface area contributed by atoms with Gasteiger partial charge in [0.25, 0.3) is 0 Å². The van der Waals surface area contributed by atoms with Gasteiger partial charge in [0.05, 0.1) is 11.6 Å². The van der Waals surface area contributed by atoms with Gasteiger partial charge in [0, 0.05) is 4.47 Å². The van der Waals surface area contributed by atoms with E-state index in [2.05, 4.69) is 36.3 Å². The van der Waals surface area contributed by atoms with Crippen molar-refractivity contribution in [3.05, 3.63) is 27.7 Å². The Bertz CT molecular complexity index is 629. The summed E-state index contributed by atoms with van der Waals surface area (Å²) in [4.78, 5) is 12.0. The molecule has 2 rings (SSSR count). The highest BCUT2D eigenvalue weighted by atomic mass is 79.9. The second-order valence-electron chi connectivity index (χ2n) is 3.89. The van der Waals surface area contributed by atoms with E-state index >= 15 is 0 Å². The van der Waals surface area contributed by atoms with Crippen molar-refractivity contribution < 1.29 is 9.47 Å². The van der Waals surface area contributed by atoms with Crippen LogP contribution in [0.15, 0.2) is 22.7 Å². The first-order valence-corrected chi connectivity index (χ1v) is 7.28. The van der Waals surface area contributed by atoms with Crippen LogP contribution in [0.2, 0.25) is 5.02 Å². The summed E-state index contributed by atoms with van der Waals surface area (Å²) in [6.45, 7) is 2.45. The number of hydrogen-bond acceptors (Lipinski definition) is 7. The summed E-state index contributed by atoms with van der Waals surface area (Å²) in [5.41, 5.74) is 2.33. The molecule has 0 aliphatic rings. The topological polar surface area (TPSA) is 95.2 Å². The fourth-order valence-corrected chi connectivity index (χ4v) is 2.07. The molecule has 7 nitrogen and oxygen atoms in total. The Morgan fingerprint density at radius 3 is 2.71 bits per heavy atom. The molecule has 1 aromatic carbocycles. The van der Waals surface area contributed by atoms with Crippen LogP contribution in [0.1, 0.15) is 13.3 Å². The fourth-order valence-electron chi connectivity index (χ4n) is 1.36. The van der Waals surface area contributed by atoms with Crippen molar-refractivity contribution in [2.75, 3.05) is 12.0 Å². The number of benzene rings is 1. The summed E-state index contributed by atoms with van der Waals surface area (Å²) in [5, 5.41) is 0.420. The first kappa shape index (κ1) is 15.7. The third kappa shape index (κ3) is 4.42. The Hall–Kier alpha value is -1.64. The van der Waals surface area contributed by atoms with Gasteiger partial charge in [0.1, 0.15) is 5.75 Å². The van der Waals surface area contributed by atoms with Crippen LogP contribution in [0.5, 0.6) is 17.8 Å². The van der Waals surface area contributed by atoms with E-state index in [0.717, 1.165) is 10.9 Å². The molecule has 21 heavy (non-hydrogen) atoms. The minimum absolute atomic E-state index is 0.0354. The lowest BCUT2D eigenvalue weighted by molar-refractivity contribution is 0.285. The maximum absolute atomic E-state index is 6.08. The molecule has 9 heteroatoms. The van der Waals surface area contributed by atoms with Gasteiger partial charge >= 0.3 is 12.0 Å². The summed E-state index contributed by atoms with van der Waals surface area (Å²) in [6.07, 6.45) is 0.825. The molecule has 0 atom stereocenters. The molecule has 0 fully saturated rings. The monoisotopic (exact) mass is 373 g/mol. The van der Waals surface area contributed by atoms with Gasteiger partial charge in [-0.15, -0.1) is 4.98 Å². The van der Waals surface area contributed by atoms with Crippen molar-refractivity contribution in [3.63, 3.8) is 0 Å². The molecule has 1 heterocycles. The lowest BCUT2D eigenvalue weighted by Crippen LogP contribution is -2.13. The van der Waals surface area contributed by atoms with Crippen LogP contribution in [0.3, 0.4) is 0 Å². The van der Waals surface area contributed by atoms with E-state index in [-0.39, 0.29) is 18.0 Å². The Labute approximate surface area is 135 Å². The number of anilines is 1. The lowest BCUT2D eigenvalue weighted by atomic mass is 10.3. The zero-order valence-corrected chi connectivity index (χ0v) is 13.5. The molecule has 0 radical (unpaired) electrons. The van der Waals surface area contributed by atoms with E-state index in [1.165, 1.54) is 0 Å². The van der Waals surface area contributed by atoms with E-state index in [4.69, 9.17) is 26.9 Å². The van der Waals surface area contributed by atoms with Crippen LogP contribution < -0.4 is 20.7 Å². The van der Waals surface area contributed by atoms with Crippen molar-refractivity contribution in [1.29, 1.82) is 0 Å². The summed E-state index contributed by atoms with van der Waals surface area (Å²) < 4.78 is 11.7. The first-order chi connectivity index (χ1) is 10.1. The van der Waals surface area contributed by atoms with E-state index in [1.807, 2.05) is 6.92 Å². The van der Waals surface area contributed by atoms with E-state index in [0.29, 0.717) is 17.4 Å². The van der Waals surface area contributed by atoms with Gasteiger partial charge in [0.2, 0.25) is 5.95 Å². The summed E-state index contributed by atoms with van der Waals surface area (Å²) in [7, 11) is 0. The molecule has 0 saturated carbocycles. The van der Waals surface area contributed by atoms with Gasteiger partial charge in [-0.3, -0.25) is 5.43 Å². The predicted molar refractivity (Wildman–Crippen MR) is 82.6 cm³/mol. The van der Waals surface area contributed by atoms with E-state index in [9.17, 15) is 0 Å². The molecule has 0 aliphatic carbocycles. The van der Waals surface area contributed by atoms with Crippen molar-refractivity contribution >= 4 is 33.5 Å². The Kier molecular flexibility index (Phi) is 5.54. The Morgan fingerprint density at radius 2 is 2.05 bits per heavy atom. The standard InChI is InChI=1S/C12H13BrClN5O2/c1-2-5-20-11-16-10(19-15)17-12(18-11)21-9-4-3-7(13)6-8(9)14/h3-4,6H,2,5,15H2,1H3,(H,16,17,18,19). The van der Waals surface area contributed by atoms with Crippen LogP contribution in [0, 0.1) is 0 Å². The number of hydrogen-bond donors (Lipinski definition) is 2. The molecule has 0 amide bonds. The highest BCUT2D eigenvalue weighted by Crippen LogP contribution is 2.30. The van der Waals surface area contributed by atoms with Crippen LogP contribution in [0.25, 0.3) is 0 Å². The van der Waals surface area contributed by atoms with Crippen LogP contribution in [-0.4, -0.2) is 21.6 Å². The minimum atomic E-state index is 0.0354. The molecule has 0 unspecified atom stereocenters. The third-order valence-electron chi connectivity index (χ3n) is 2.25. The second-order valence-corrected chi connectivity index (χ2v) is 5.22. The molecule has 1 aromatic heterocycles. The summed E-state index contributed by atoms with van der Waals surface area (Å²) in [5.74, 6) is 5.86. The van der Waals surface area contributed by atoms with E-state index in [1.54, 1.807) is 18.2 Å². The summed E-state index contributed by atoms with van der Waals surface area (Å²) in [6, 6.07) is 5.35. The second kappa shape index (κ2) is 7.39. The third-order valence-corrected chi connectivity index (χ3v) is 3.04. The predicted octanol–water partition coefficient (Wildman–Crippen LogP) is 3.15. The SMILES string of the molecule is CCCOc1nc(NN)nc(Oc2ccc(Br)cc2Cl)n1. The largest absolute Gasteiger partial charge is 0.463 e. The molecular formula is C12H13BrClN5O2. The maximum atomic E-state index is 6.08. The molecular weight excluding hydrogens is 362 g/mol. The van der Waals surface area contributed by atoms with Crippen molar-refractivity contribution in [3.8, 4) is 17.8 Å². The molecule has 0 aliphatic heterocycles. The molecule has 3 N–H and O–H groups in total. The highest BCUT2D eigenvalue weighted by Gasteiger charge is 2.11. The van der Waals surface area contributed by atoms with Gasteiger partial charge in [-0.1, -0.05) is 34.5 Å². The average molecular weight is 375 g/mol. The lowest BCUT2D eigenvalue weighted by Gasteiger charge is -2.09. The Balaban J connectivity index is 2.25. The van der Waals surface area contributed by atoms with Crippen molar-refractivity contribution in [2.45, 2.75) is 13.3 Å². The smallest absolute Gasteiger partial charge is 0.330 e. The van der Waals surface area contributed by atoms with Gasteiger partial charge in [-0.05, 0) is 24.6 Å². The van der Waals surface area contributed by atoms with E-state index < -0.39 is 0 Å². The van der Waals surface area contributed by atoms with Crippen LogP contribution in [0.4, 0.5) is 5.95 Å². The number of ether oxygens (including phenoxy) is 2. The number of nitrogens with one attached hydrogen (secondary N) is 1. The van der Waals surface area contributed by atoms with Crippen LogP contribution >= 0.6 is 27.5 Å². The number of nitrogen functional groups attached to an aromatic ring is 1. The number of aromatic nitrogens is 3. The van der Waals surface area contributed by atoms with Crippen molar-refractivity contribution in [1.82, 2.24) is 15.0 Å². The number of halogens is 2. The quantitative estimate of drug-likeness (QED) is 0.592. The van der Waals surface area contributed by atoms with Crippen molar-refractivity contribution in [2.24, 2.45) is 5.84 Å². The average Bonchev–Trinajstić information content (AvgIpc) is 2.48. The molecule has 2 aromatic rings. The fraction of sp³-hybridized carbons (Fsp3) is 0.250. The normalized spacial score (nSPS) is 10.3. The molecule has 0 saturated heterocycles. The van der Waals surface area contributed by atoms with Gasteiger partial charge in [-0.2, -0.15) is 9.97 Å². The number of nitrogens with two attached hydrogens (primary N) is 1. The zero-order valence-electron chi connectivity index (χ0n) is 11.1. The minimum Gasteiger partial charge on any atom is -0.463 e. The maximum Gasteiger partial charge on any atom is 0.330 e. The molecule has 112 valence electrons. The van der Waals surface area contributed by atoms with Gasteiger partial charge < -0.3 is 9.47 Å². The molecule has 0 bridgehead atoms. The van der Waals surface area contributed by atoms with Gasteiger partial charge in [-0.25, -0.2) is 5.84 Å². The zero-order chi connectivity index (χ0) is 15.2. The number of nitrogens with zero attached hydrogens (tertiary/aromatic N) is 3. The van der Waals surface area contributed by atoms with Gasteiger partial charge in [0.15, 0.2) is 0 Å². The number of rotatable bonds is 6. The molecule has 0 spiro atoms. The van der Waals surface area contributed by atoms with Crippen LogP contribution in [-0.2, 0) is 0 Å². The number of hydrazine groups is 1.